The van der Waals surface area contributed by atoms with E-state index in [4.69, 9.17) is 10.5 Å². The SMILES string of the molecule is COc1ccc(N(C)C(=O)C2(CN)CC2)c(C)c1C. The van der Waals surface area contributed by atoms with Gasteiger partial charge in [-0.25, -0.2) is 0 Å². The number of hydrogen-bond donors (Lipinski definition) is 1. The van der Waals surface area contributed by atoms with Crippen molar-refractivity contribution in [3.05, 3.63) is 23.3 Å². The van der Waals surface area contributed by atoms with E-state index in [-0.39, 0.29) is 11.3 Å². The molecule has 1 saturated carbocycles. The molecule has 0 spiro atoms. The fourth-order valence-corrected chi connectivity index (χ4v) is 2.49. The number of anilines is 1. The van der Waals surface area contributed by atoms with Gasteiger partial charge in [0.2, 0.25) is 5.91 Å². The Bertz CT molecular complexity index is 507. The van der Waals surface area contributed by atoms with Crippen LogP contribution >= 0.6 is 0 Å². The molecule has 1 aliphatic rings. The minimum absolute atomic E-state index is 0.127. The zero-order valence-electron chi connectivity index (χ0n) is 12.1. The van der Waals surface area contributed by atoms with Crippen molar-refractivity contribution >= 4 is 11.6 Å². The molecular formula is C15H22N2O2. The average Bonchev–Trinajstić information content (AvgIpc) is 3.21. The van der Waals surface area contributed by atoms with Gasteiger partial charge < -0.3 is 15.4 Å². The van der Waals surface area contributed by atoms with E-state index in [1.54, 1.807) is 12.0 Å². The summed E-state index contributed by atoms with van der Waals surface area (Å²) >= 11 is 0. The zero-order chi connectivity index (χ0) is 14.2. The number of amides is 1. The maximum absolute atomic E-state index is 12.5. The Balaban J connectivity index is 2.32. The summed E-state index contributed by atoms with van der Waals surface area (Å²) in [5.41, 5.74) is 8.49. The third-order valence-electron chi connectivity index (χ3n) is 4.29. The molecule has 2 rings (SSSR count). The predicted molar refractivity (Wildman–Crippen MR) is 76.6 cm³/mol. The van der Waals surface area contributed by atoms with Crippen LogP contribution in [0.25, 0.3) is 0 Å². The Labute approximate surface area is 114 Å². The molecule has 4 nitrogen and oxygen atoms in total. The number of rotatable bonds is 4. The quantitative estimate of drug-likeness (QED) is 0.903. The van der Waals surface area contributed by atoms with Crippen LogP contribution in [0.3, 0.4) is 0 Å². The molecule has 0 aliphatic heterocycles. The van der Waals surface area contributed by atoms with Gasteiger partial charge in [-0.3, -0.25) is 4.79 Å². The van der Waals surface area contributed by atoms with Crippen molar-refractivity contribution in [3.8, 4) is 5.75 Å². The molecule has 19 heavy (non-hydrogen) atoms. The first-order valence-corrected chi connectivity index (χ1v) is 6.59. The van der Waals surface area contributed by atoms with Gasteiger partial charge in [-0.15, -0.1) is 0 Å². The molecule has 104 valence electrons. The lowest BCUT2D eigenvalue weighted by atomic mass is 10.0. The summed E-state index contributed by atoms with van der Waals surface area (Å²) in [6.45, 7) is 4.45. The lowest BCUT2D eigenvalue weighted by Gasteiger charge is -2.25. The minimum Gasteiger partial charge on any atom is -0.496 e. The Hall–Kier alpha value is -1.55. The number of nitrogens with two attached hydrogens (primary N) is 1. The molecule has 0 saturated heterocycles. The molecule has 1 aromatic rings. The van der Waals surface area contributed by atoms with Gasteiger partial charge in [0.25, 0.3) is 0 Å². The standard InChI is InChI=1S/C15H22N2O2/c1-10-11(2)13(19-4)6-5-12(10)17(3)14(18)15(9-16)7-8-15/h5-6H,7-9,16H2,1-4H3. The van der Waals surface area contributed by atoms with Gasteiger partial charge in [0, 0.05) is 19.3 Å². The van der Waals surface area contributed by atoms with Crippen molar-refractivity contribution in [1.29, 1.82) is 0 Å². The Kier molecular flexibility index (Phi) is 3.54. The highest BCUT2D eigenvalue weighted by Crippen LogP contribution is 2.47. The molecule has 0 radical (unpaired) electrons. The normalized spacial score (nSPS) is 16.1. The minimum atomic E-state index is -0.310. The van der Waals surface area contributed by atoms with Crippen molar-refractivity contribution in [1.82, 2.24) is 0 Å². The number of ether oxygens (including phenoxy) is 1. The first-order chi connectivity index (χ1) is 8.96. The second-order valence-electron chi connectivity index (χ2n) is 5.39. The fourth-order valence-electron chi connectivity index (χ4n) is 2.49. The molecule has 0 aromatic heterocycles. The van der Waals surface area contributed by atoms with Crippen molar-refractivity contribution in [2.75, 3.05) is 25.6 Å². The van der Waals surface area contributed by atoms with Gasteiger partial charge in [-0.05, 0) is 49.9 Å². The van der Waals surface area contributed by atoms with E-state index < -0.39 is 0 Å². The van der Waals surface area contributed by atoms with Crippen LogP contribution in [0.2, 0.25) is 0 Å². The Morgan fingerprint density at radius 3 is 2.47 bits per heavy atom. The third-order valence-corrected chi connectivity index (χ3v) is 4.29. The van der Waals surface area contributed by atoms with Gasteiger partial charge in [-0.2, -0.15) is 0 Å². The molecule has 1 fully saturated rings. The first kappa shape index (κ1) is 13.9. The number of benzene rings is 1. The van der Waals surface area contributed by atoms with Crippen molar-refractivity contribution < 1.29 is 9.53 Å². The second kappa shape index (κ2) is 4.85. The van der Waals surface area contributed by atoms with Crippen molar-refractivity contribution in [2.45, 2.75) is 26.7 Å². The maximum atomic E-state index is 12.5. The topological polar surface area (TPSA) is 55.6 Å². The van der Waals surface area contributed by atoms with Gasteiger partial charge in [-0.1, -0.05) is 0 Å². The van der Waals surface area contributed by atoms with E-state index in [2.05, 4.69) is 0 Å². The van der Waals surface area contributed by atoms with Crippen LogP contribution in [0.4, 0.5) is 5.69 Å². The van der Waals surface area contributed by atoms with Crippen LogP contribution in [0, 0.1) is 19.3 Å². The summed E-state index contributed by atoms with van der Waals surface area (Å²) in [6, 6.07) is 3.84. The molecule has 1 aliphatic carbocycles. The summed E-state index contributed by atoms with van der Waals surface area (Å²) in [6.07, 6.45) is 1.81. The lowest BCUT2D eigenvalue weighted by molar-refractivity contribution is -0.123. The summed E-state index contributed by atoms with van der Waals surface area (Å²) < 4.78 is 5.30. The molecule has 1 amide bonds. The first-order valence-electron chi connectivity index (χ1n) is 6.59. The lowest BCUT2D eigenvalue weighted by Crippen LogP contribution is -2.38. The third kappa shape index (κ3) is 2.21. The Morgan fingerprint density at radius 2 is 2.00 bits per heavy atom. The molecule has 0 bridgehead atoms. The molecule has 0 unspecified atom stereocenters. The summed E-state index contributed by atoms with van der Waals surface area (Å²) in [5.74, 6) is 0.977. The van der Waals surface area contributed by atoms with Crippen LogP contribution in [0.1, 0.15) is 24.0 Å². The van der Waals surface area contributed by atoms with Crippen LogP contribution in [-0.4, -0.2) is 26.6 Å². The molecule has 0 heterocycles. The number of nitrogens with zero attached hydrogens (tertiary/aromatic N) is 1. The van der Waals surface area contributed by atoms with Crippen LogP contribution in [0.5, 0.6) is 5.75 Å². The molecule has 1 aromatic carbocycles. The number of methoxy groups -OCH3 is 1. The monoisotopic (exact) mass is 262 g/mol. The number of carbonyl (C=O) groups is 1. The Morgan fingerprint density at radius 1 is 1.37 bits per heavy atom. The van der Waals surface area contributed by atoms with Crippen LogP contribution in [-0.2, 0) is 4.79 Å². The number of hydrogen-bond acceptors (Lipinski definition) is 3. The van der Waals surface area contributed by atoms with E-state index in [0.717, 1.165) is 35.4 Å². The van der Waals surface area contributed by atoms with Gasteiger partial charge >= 0.3 is 0 Å². The van der Waals surface area contributed by atoms with Gasteiger partial charge in [0.15, 0.2) is 0 Å². The van der Waals surface area contributed by atoms with Crippen molar-refractivity contribution in [2.24, 2.45) is 11.1 Å². The number of carbonyl (C=O) groups excluding carboxylic acids is 1. The summed E-state index contributed by atoms with van der Waals surface area (Å²) in [7, 11) is 3.48. The van der Waals surface area contributed by atoms with Crippen molar-refractivity contribution in [3.63, 3.8) is 0 Å². The van der Waals surface area contributed by atoms with Gasteiger partial charge in [0.05, 0.1) is 12.5 Å². The van der Waals surface area contributed by atoms with Crippen LogP contribution in [0.15, 0.2) is 12.1 Å². The van der Waals surface area contributed by atoms with E-state index in [1.165, 1.54) is 0 Å². The highest BCUT2D eigenvalue weighted by Gasteiger charge is 2.50. The zero-order valence-corrected chi connectivity index (χ0v) is 12.1. The smallest absolute Gasteiger partial charge is 0.234 e. The molecule has 4 heteroatoms. The molecule has 2 N–H and O–H groups in total. The maximum Gasteiger partial charge on any atom is 0.234 e. The predicted octanol–water partition coefficient (Wildman–Crippen LogP) is 2.01. The fraction of sp³-hybridized carbons (Fsp3) is 0.533. The van der Waals surface area contributed by atoms with E-state index >= 15 is 0 Å². The van der Waals surface area contributed by atoms with Gasteiger partial charge in [0.1, 0.15) is 5.75 Å². The van der Waals surface area contributed by atoms with E-state index in [0.29, 0.717) is 6.54 Å². The van der Waals surface area contributed by atoms with Crippen LogP contribution < -0.4 is 15.4 Å². The highest BCUT2D eigenvalue weighted by molar-refractivity contribution is 5.99. The van der Waals surface area contributed by atoms with E-state index in [9.17, 15) is 4.79 Å². The average molecular weight is 262 g/mol. The molecular weight excluding hydrogens is 240 g/mol. The summed E-state index contributed by atoms with van der Waals surface area (Å²) in [4.78, 5) is 14.2. The molecule has 0 atom stereocenters. The highest BCUT2D eigenvalue weighted by atomic mass is 16.5. The largest absolute Gasteiger partial charge is 0.496 e. The van der Waals surface area contributed by atoms with E-state index in [1.807, 2.05) is 33.0 Å². The summed E-state index contributed by atoms with van der Waals surface area (Å²) in [5, 5.41) is 0. The second-order valence-corrected chi connectivity index (χ2v) is 5.39.